The molecule has 2 heterocycles. The summed E-state index contributed by atoms with van der Waals surface area (Å²) in [5, 5.41) is 2.78. The van der Waals surface area contributed by atoms with E-state index in [9.17, 15) is 26.4 Å². The van der Waals surface area contributed by atoms with Gasteiger partial charge in [0.1, 0.15) is 5.82 Å². The van der Waals surface area contributed by atoms with Gasteiger partial charge in [0.05, 0.1) is 39.5 Å². The smallest absolute Gasteiger partial charge is 0.346 e. The first-order valence-electron chi connectivity index (χ1n) is 12.3. The number of rotatable bonds is 7. The van der Waals surface area contributed by atoms with Crippen LogP contribution in [0.1, 0.15) is 60.7 Å². The Morgan fingerprint density at radius 1 is 1.00 bits per heavy atom. The van der Waals surface area contributed by atoms with E-state index in [-0.39, 0.29) is 28.6 Å². The number of hydrogen-bond acceptors (Lipinski definition) is 5. The average Bonchev–Trinajstić information content (AvgIpc) is 3.24. The van der Waals surface area contributed by atoms with Crippen LogP contribution in [0.4, 0.5) is 13.2 Å². The Bertz CT molecular complexity index is 1600. The molecule has 4 rings (SSSR count). The Morgan fingerprint density at radius 3 is 2.26 bits per heavy atom. The van der Waals surface area contributed by atoms with Crippen molar-refractivity contribution in [1.29, 1.82) is 0 Å². The molecular weight excluding hydrogens is 529 g/mol. The molecular formula is C28H29F3N4O3S. The average molecular weight is 559 g/mol. The number of halogens is 3. The maximum absolute atomic E-state index is 13.0. The van der Waals surface area contributed by atoms with E-state index in [1.807, 2.05) is 25.3 Å². The second-order valence-electron chi connectivity index (χ2n) is 10.2. The molecule has 0 saturated carbocycles. The maximum atomic E-state index is 13.0. The van der Waals surface area contributed by atoms with Gasteiger partial charge in [0.25, 0.3) is 5.91 Å². The highest BCUT2D eigenvalue weighted by Gasteiger charge is 2.30. The molecule has 11 heteroatoms. The molecule has 0 saturated heterocycles. The van der Waals surface area contributed by atoms with Gasteiger partial charge < -0.3 is 9.88 Å². The quantitative estimate of drug-likeness (QED) is 0.322. The molecule has 2 aromatic carbocycles. The van der Waals surface area contributed by atoms with Gasteiger partial charge in [0, 0.05) is 23.7 Å². The van der Waals surface area contributed by atoms with Crippen LogP contribution in [0, 0.1) is 0 Å². The second kappa shape index (κ2) is 10.4. The minimum atomic E-state index is -4.40. The number of carbonyl (C=O) groups excluding carboxylic acids is 1. The molecule has 0 unspecified atom stereocenters. The van der Waals surface area contributed by atoms with E-state index < -0.39 is 21.6 Å². The van der Waals surface area contributed by atoms with Gasteiger partial charge in [0.15, 0.2) is 9.84 Å². The van der Waals surface area contributed by atoms with Crippen LogP contribution in [0.15, 0.2) is 65.7 Å². The number of sulfone groups is 1. The van der Waals surface area contributed by atoms with E-state index in [0.29, 0.717) is 34.6 Å². The van der Waals surface area contributed by atoms with Crippen LogP contribution in [0.3, 0.4) is 0 Å². The van der Waals surface area contributed by atoms with Gasteiger partial charge in [-0.1, -0.05) is 19.1 Å². The number of benzene rings is 2. The molecule has 2 aromatic heterocycles. The number of carbonyl (C=O) groups is 1. The number of alkyl halides is 3. The summed E-state index contributed by atoms with van der Waals surface area (Å²) in [6, 6.07) is 13.2. The number of fused-ring (bicyclic) bond motifs is 1. The van der Waals surface area contributed by atoms with Crippen molar-refractivity contribution in [3.05, 3.63) is 89.0 Å². The highest BCUT2D eigenvalue weighted by Crippen LogP contribution is 2.31. The SMILES string of the molecule is CCS(=O)(=O)c1ccc(CNC(=O)c2ccc3c(c2)nc(Cc2ccc(C(F)(F)F)cc2)n3C(C)(C)C)nc1. The van der Waals surface area contributed by atoms with Gasteiger partial charge in [-0.2, -0.15) is 13.2 Å². The third kappa shape index (κ3) is 6.30. The van der Waals surface area contributed by atoms with Crippen LogP contribution in [-0.2, 0) is 34.5 Å². The summed E-state index contributed by atoms with van der Waals surface area (Å²) >= 11 is 0. The van der Waals surface area contributed by atoms with E-state index in [1.165, 1.54) is 24.4 Å². The minimum Gasteiger partial charge on any atom is -0.346 e. The van der Waals surface area contributed by atoms with E-state index in [0.717, 1.165) is 17.6 Å². The van der Waals surface area contributed by atoms with Crippen LogP contribution in [0.2, 0.25) is 0 Å². The van der Waals surface area contributed by atoms with Crippen molar-refractivity contribution >= 4 is 26.8 Å². The Labute approximate surface area is 225 Å². The Hall–Kier alpha value is -3.73. The monoisotopic (exact) mass is 558 g/mol. The predicted molar refractivity (Wildman–Crippen MR) is 142 cm³/mol. The van der Waals surface area contributed by atoms with Crippen LogP contribution >= 0.6 is 0 Å². The summed E-state index contributed by atoms with van der Waals surface area (Å²) in [4.78, 5) is 21.9. The van der Waals surface area contributed by atoms with Gasteiger partial charge in [0.2, 0.25) is 0 Å². The molecule has 1 N–H and O–H groups in total. The number of aromatic nitrogens is 3. The molecule has 0 spiro atoms. The fourth-order valence-electron chi connectivity index (χ4n) is 4.27. The van der Waals surface area contributed by atoms with Crippen LogP contribution < -0.4 is 5.32 Å². The third-order valence-corrected chi connectivity index (χ3v) is 7.99. The van der Waals surface area contributed by atoms with Crippen molar-refractivity contribution in [3.8, 4) is 0 Å². The molecule has 0 bridgehead atoms. The van der Waals surface area contributed by atoms with Gasteiger partial charge >= 0.3 is 6.18 Å². The summed E-state index contributed by atoms with van der Waals surface area (Å²) in [7, 11) is -3.35. The fraction of sp³-hybridized carbons (Fsp3) is 0.321. The van der Waals surface area contributed by atoms with Gasteiger partial charge in [-0.15, -0.1) is 0 Å². The van der Waals surface area contributed by atoms with Crippen molar-refractivity contribution in [2.45, 2.75) is 57.3 Å². The zero-order valence-corrected chi connectivity index (χ0v) is 22.8. The number of pyridine rings is 1. The van der Waals surface area contributed by atoms with E-state index in [1.54, 1.807) is 31.2 Å². The molecule has 0 aliphatic heterocycles. The van der Waals surface area contributed by atoms with Gasteiger partial charge in [-0.25, -0.2) is 13.4 Å². The zero-order chi connectivity index (χ0) is 28.6. The molecule has 0 aliphatic carbocycles. The predicted octanol–water partition coefficient (Wildman–Crippen LogP) is 5.52. The lowest BCUT2D eigenvalue weighted by molar-refractivity contribution is -0.137. The number of hydrogen-bond donors (Lipinski definition) is 1. The van der Waals surface area contributed by atoms with Crippen molar-refractivity contribution in [1.82, 2.24) is 19.9 Å². The van der Waals surface area contributed by atoms with Gasteiger partial charge in [-0.05, 0) is 68.8 Å². The molecule has 1 amide bonds. The number of imidazole rings is 1. The minimum absolute atomic E-state index is 0.0235. The lowest BCUT2D eigenvalue weighted by Gasteiger charge is -2.25. The molecule has 39 heavy (non-hydrogen) atoms. The zero-order valence-electron chi connectivity index (χ0n) is 22.0. The van der Waals surface area contributed by atoms with E-state index >= 15 is 0 Å². The van der Waals surface area contributed by atoms with Crippen molar-refractivity contribution < 1.29 is 26.4 Å². The molecule has 0 aliphatic rings. The summed E-state index contributed by atoms with van der Waals surface area (Å²) in [6.45, 7) is 7.69. The van der Waals surface area contributed by atoms with Crippen LogP contribution in [0.5, 0.6) is 0 Å². The Morgan fingerprint density at radius 2 is 1.69 bits per heavy atom. The number of amides is 1. The molecule has 0 fully saturated rings. The first-order chi connectivity index (χ1) is 18.2. The second-order valence-corrected chi connectivity index (χ2v) is 12.5. The lowest BCUT2D eigenvalue weighted by Crippen LogP contribution is -2.24. The summed E-state index contributed by atoms with van der Waals surface area (Å²) in [5.41, 5.74) is 1.89. The summed E-state index contributed by atoms with van der Waals surface area (Å²) < 4.78 is 64.8. The Kier molecular flexibility index (Phi) is 7.57. The normalized spacial score (nSPS) is 12.6. The third-order valence-electron chi connectivity index (χ3n) is 6.27. The van der Waals surface area contributed by atoms with Crippen LogP contribution in [-0.4, -0.2) is 34.6 Å². The molecule has 0 atom stereocenters. The number of nitrogens with one attached hydrogen (secondary N) is 1. The highest BCUT2D eigenvalue weighted by atomic mass is 32.2. The number of nitrogens with zero attached hydrogens (tertiary/aromatic N) is 3. The molecule has 206 valence electrons. The summed E-state index contributed by atoms with van der Waals surface area (Å²) in [6.07, 6.45) is -2.80. The topological polar surface area (TPSA) is 94.0 Å². The fourth-order valence-corrected chi connectivity index (χ4v) is 5.09. The summed E-state index contributed by atoms with van der Waals surface area (Å²) in [5.74, 6) is 0.296. The Balaban J connectivity index is 1.56. The highest BCUT2D eigenvalue weighted by molar-refractivity contribution is 7.91. The molecule has 7 nitrogen and oxygen atoms in total. The van der Waals surface area contributed by atoms with Crippen LogP contribution in [0.25, 0.3) is 11.0 Å². The van der Waals surface area contributed by atoms with Crippen molar-refractivity contribution in [2.24, 2.45) is 0 Å². The lowest BCUT2D eigenvalue weighted by atomic mass is 10.1. The first kappa shape index (κ1) is 28.3. The maximum Gasteiger partial charge on any atom is 0.416 e. The molecule has 0 radical (unpaired) electrons. The molecule has 4 aromatic rings. The largest absolute Gasteiger partial charge is 0.416 e. The van der Waals surface area contributed by atoms with E-state index in [2.05, 4.69) is 10.3 Å². The van der Waals surface area contributed by atoms with Crippen molar-refractivity contribution in [3.63, 3.8) is 0 Å². The van der Waals surface area contributed by atoms with Crippen molar-refractivity contribution in [2.75, 3.05) is 5.75 Å². The van der Waals surface area contributed by atoms with Gasteiger partial charge in [-0.3, -0.25) is 9.78 Å². The van der Waals surface area contributed by atoms with E-state index in [4.69, 9.17) is 4.98 Å². The standard InChI is InChI=1S/C28H29F3N4O3S/c1-5-39(37,38)22-12-11-21(32-17-22)16-33-26(36)19-8-13-24-23(15-19)34-25(35(24)27(2,3)4)14-18-6-9-20(10-7-18)28(29,30)31/h6-13,15,17H,5,14,16H2,1-4H3,(H,33,36). The first-order valence-corrected chi connectivity index (χ1v) is 14.0.